The first-order valence-corrected chi connectivity index (χ1v) is 6.99. The monoisotopic (exact) mass is 280 g/mol. The molecule has 98 valence electrons. The molecule has 1 heterocycles. The van der Waals surface area contributed by atoms with Crippen molar-refractivity contribution in [1.29, 1.82) is 0 Å². The van der Waals surface area contributed by atoms with Gasteiger partial charge in [-0.2, -0.15) is 0 Å². The largest absolute Gasteiger partial charge is 0.854 e. The highest BCUT2D eigenvalue weighted by molar-refractivity contribution is 7.05. The van der Waals surface area contributed by atoms with Crippen LogP contribution in [-0.2, 0) is 0 Å². The number of hydrogen-bond acceptors (Lipinski definition) is 3. The summed E-state index contributed by atoms with van der Waals surface area (Å²) in [5, 5.41) is 16.1. The summed E-state index contributed by atoms with van der Waals surface area (Å²) in [6.45, 7) is 0. The molecule has 0 N–H and O–H groups in total. The average molecular weight is 280 g/mol. The first kappa shape index (κ1) is 12.6. The molecule has 0 aliphatic rings. The fraction of sp³-hybridized carbons (Fsp3) is 0. The summed E-state index contributed by atoms with van der Waals surface area (Å²) in [4.78, 5) is 1.08. The van der Waals surface area contributed by atoms with Crippen molar-refractivity contribution in [2.75, 3.05) is 0 Å². The van der Waals surface area contributed by atoms with Crippen molar-refractivity contribution in [3.63, 3.8) is 0 Å². The lowest BCUT2D eigenvalue weighted by Gasteiger charge is -2.04. The summed E-state index contributed by atoms with van der Waals surface area (Å²) in [7, 11) is 0. The SMILES string of the molecule is [O-]/C(=N\[n+]1ccc(-c2ccccc2)s1)c1ccccc1. The zero-order chi connectivity index (χ0) is 13.8. The van der Waals surface area contributed by atoms with Crippen molar-refractivity contribution in [1.82, 2.24) is 0 Å². The molecule has 3 nitrogen and oxygen atoms in total. The van der Waals surface area contributed by atoms with Gasteiger partial charge in [-0.1, -0.05) is 60.7 Å². The summed E-state index contributed by atoms with van der Waals surface area (Å²) < 4.78 is 1.59. The molecule has 0 fully saturated rings. The van der Waals surface area contributed by atoms with Crippen LogP contribution in [0.2, 0.25) is 0 Å². The summed E-state index contributed by atoms with van der Waals surface area (Å²) >= 11 is 1.44. The van der Waals surface area contributed by atoms with E-state index in [1.807, 2.05) is 54.6 Å². The molecule has 20 heavy (non-hydrogen) atoms. The molecule has 0 unspecified atom stereocenters. The molecule has 0 amide bonds. The highest BCUT2D eigenvalue weighted by Gasteiger charge is 2.09. The Kier molecular flexibility index (Phi) is 3.56. The van der Waals surface area contributed by atoms with E-state index in [1.165, 1.54) is 11.5 Å². The third-order valence-electron chi connectivity index (χ3n) is 2.81. The normalized spacial score (nSPS) is 11.5. The number of benzene rings is 2. The number of hydrogen-bond donors (Lipinski definition) is 0. The van der Waals surface area contributed by atoms with Gasteiger partial charge >= 0.3 is 0 Å². The van der Waals surface area contributed by atoms with Gasteiger partial charge in [0.1, 0.15) is 4.88 Å². The molecule has 3 aromatic rings. The summed E-state index contributed by atoms with van der Waals surface area (Å²) in [6, 6.07) is 21.1. The van der Waals surface area contributed by atoms with Crippen LogP contribution in [0.15, 0.2) is 78.0 Å². The Hall–Kier alpha value is -2.46. The minimum atomic E-state index is -0.239. The fourth-order valence-corrected chi connectivity index (χ4v) is 2.63. The van der Waals surface area contributed by atoms with E-state index >= 15 is 0 Å². The van der Waals surface area contributed by atoms with Crippen molar-refractivity contribution in [3.05, 3.63) is 78.5 Å². The Balaban J connectivity index is 1.88. The van der Waals surface area contributed by atoms with Gasteiger partial charge in [0.25, 0.3) is 0 Å². The lowest BCUT2D eigenvalue weighted by molar-refractivity contribution is -0.612. The van der Waals surface area contributed by atoms with Crippen molar-refractivity contribution in [3.8, 4) is 10.4 Å². The number of nitrogens with zero attached hydrogens (tertiary/aromatic N) is 2. The molecule has 0 radical (unpaired) electrons. The zero-order valence-electron chi connectivity index (χ0n) is 10.6. The van der Waals surface area contributed by atoms with Gasteiger partial charge in [0.15, 0.2) is 11.5 Å². The number of rotatable bonds is 3. The summed E-state index contributed by atoms with van der Waals surface area (Å²) in [6.07, 6.45) is 1.80. The van der Waals surface area contributed by atoms with Crippen LogP contribution in [0.1, 0.15) is 5.56 Å². The first-order valence-electron chi connectivity index (χ1n) is 6.22. The van der Waals surface area contributed by atoms with E-state index in [9.17, 15) is 5.11 Å². The Morgan fingerprint density at radius 2 is 1.55 bits per heavy atom. The molecule has 3 rings (SSSR count). The third-order valence-corrected chi connectivity index (χ3v) is 3.77. The van der Waals surface area contributed by atoms with E-state index < -0.39 is 0 Å². The zero-order valence-corrected chi connectivity index (χ0v) is 11.5. The molecular formula is C16H12N2OS. The van der Waals surface area contributed by atoms with Crippen LogP contribution in [0.4, 0.5) is 0 Å². The van der Waals surface area contributed by atoms with Crippen molar-refractivity contribution < 1.29 is 9.17 Å². The van der Waals surface area contributed by atoms with Crippen LogP contribution in [0.25, 0.3) is 10.4 Å². The molecule has 0 saturated heterocycles. The van der Waals surface area contributed by atoms with Gasteiger partial charge in [-0.25, -0.2) is 0 Å². The van der Waals surface area contributed by atoms with Crippen molar-refractivity contribution in [2.24, 2.45) is 5.10 Å². The highest BCUT2D eigenvalue weighted by atomic mass is 32.1. The molecule has 0 bridgehead atoms. The molecule has 1 aromatic heterocycles. The highest BCUT2D eigenvalue weighted by Crippen LogP contribution is 2.20. The van der Waals surface area contributed by atoms with Crippen molar-refractivity contribution in [2.45, 2.75) is 0 Å². The maximum atomic E-state index is 12.0. The van der Waals surface area contributed by atoms with Gasteiger partial charge in [-0.05, 0) is 11.1 Å². The van der Waals surface area contributed by atoms with E-state index in [4.69, 9.17) is 0 Å². The van der Waals surface area contributed by atoms with Crippen LogP contribution >= 0.6 is 11.5 Å². The molecule has 0 aliphatic carbocycles. The van der Waals surface area contributed by atoms with E-state index in [-0.39, 0.29) is 5.90 Å². The van der Waals surface area contributed by atoms with Gasteiger partial charge < -0.3 is 5.11 Å². The second-order valence-electron chi connectivity index (χ2n) is 4.21. The molecule has 2 aromatic carbocycles. The van der Waals surface area contributed by atoms with Gasteiger partial charge in [-0.15, -0.1) is 0 Å². The molecule has 4 heteroatoms. The Morgan fingerprint density at radius 1 is 0.900 bits per heavy atom. The second kappa shape index (κ2) is 5.67. The Labute approximate surface area is 121 Å². The fourth-order valence-electron chi connectivity index (χ4n) is 1.83. The van der Waals surface area contributed by atoms with Gasteiger partial charge in [-0.3, -0.25) is 0 Å². The summed E-state index contributed by atoms with van der Waals surface area (Å²) in [5.41, 5.74) is 1.72. The minimum absolute atomic E-state index is 0.239. The predicted molar refractivity (Wildman–Crippen MR) is 78.3 cm³/mol. The quantitative estimate of drug-likeness (QED) is 0.412. The Bertz CT molecular complexity index is 721. The van der Waals surface area contributed by atoms with E-state index in [0.717, 1.165) is 10.4 Å². The van der Waals surface area contributed by atoms with Gasteiger partial charge in [0.05, 0.1) is 5.90 Å². The maximum absolute atomic E-state index is 12.0. The lowest BCUT2D eigenvalue weighted by atomic mass is 10.2. The third kappa shape index (κ3) is 2.75. The average Bonchev–Trinajstić information content (AvgIpc) is 2.97. The standard InChI is InChI=1S/C16H12N2OS/c19-16(14-9-5-2-6-10-14)17-18-12-11-15(20-18)13-7-3-1-4-8-13/h1-12H. The minimum Gasteiger partial charge on any atom is -0.854 e. The predicted octanol–water partition coefficient (Wildman–Crippen LogP) is 2.27. The van der Waals surface area contributed by atoms with Crippen molar-refractivity contribution >= 4 is 17.4 Å². The molecule has 0 saturated carbocycles. The maximum Gasteiger partial charge on any atom is 0.220 e. The Morgan fingerprint density at radius 3 is 2.25 bits per heavy atom. The van der Waals surface area contributed by atoms with E-state index in [1.54, 1.807) is 22.4 Å². The van der Waals surface area contributed by atoms with Crippen LogP contribution in [0, 0.1) is 0 Å². The first-order chi connectivity index (χ1) is 9.83. The van der Waals surface area contributed by atoms with Crippen LogP contribution < -0.4 is 9.17 Å². The molecule has 0 atom stereocenters. The molecular weight excluding hydrogens is 268 g/mol. The van der Waals surface area contributed by atoms with Gasteiger partial charge in [0.2, 0.25) is 6.20 Å². The van der Waals surface area contributed by atoms with Crippen LogP contribution in [-0.4, -0.2) is 5.90 Å². The van der Waals surface area contributed by atoms with Crippen LogP contribution in [0.5, 0.6) is 0 Å². The molecule has 0 spiro atoms. The number of aromatic nitrogens is 1. The van der Waals surface area contributed by atoms with Crippen LogP contribution in [0.3, 0.4) is 0 Å². The van der Waals surface area contributed by atoms with Gasteiger partial charge in [0, 0.05) is 15.2 Å². The molecule has 0 aliphatic heterocycles. The van der Waals surface area contributed by atoms with E-state index in [0.29, 0.717) is 5.56 Å². The topological polar surface area (TPSA) is 39.3 Å². The second-order valence-corrected chi connectivity index (χ2v) is 5.21. The van der Waals surface area contributed by atoms with E-state index in [2.05, 4.69) is 5.10 Å². The smallest absolute Gasteiger partial charge is 0.220 e. The summed E-state index contributed by atoms with van der Waals surface area (Å²) in [5.74, 6) is -0.239. The lowest BCUT2D eigenvalue weighted by Crippen LogP contribution is -2.29.